The van der Waals surface area contributed by atoms with E-state index < -0.39 is 0 Å². The van der Waals surface area contributed by atoms with Crippen LogP contribution in [0.15, 0.2) is 96.0 Å². The molecule has 0 saturated carbocycles. The van der Waals surface area contributed by atoms with Gasteiger partial charge in [-0.2, -0.15) is 0 Å². The Morgan fingerprint density at radius 3 is 1.74 bits per heavy atom. The van der Waals surface area contributed by atoms with E-state index in [2.05, 4.69) is 113 Å². The third-order valence-electron chi connectivity index (χ3n) is 6.29. The summed E-state index contributed by atoms with van der Waals surface area (Å²) in [7, 11) is 1.66. The van der Waals surface area contributed by atoms with Crippen LogP contribution in [0, 0.1) is 40.5 Å². The molecule has 0 aliphatic carbocycles. The van der Waals surface area contributed by atoms with E-state index in [-0.39, 0.29) is 0 Å². The van der Waals surface area contributed by atoms with Crippen molar-refractivity contribution in [3.05, 3.63) is 136 Å². The lowest BCUT2D eigenvalue weighted by molar-refractivity contribution is 0.405. The Bertz CT molecular complexity index is 1320. The standard InChI is InChI=1S/C24H25NO.C9H12.C2H6.C2H2/c1-17-10-11-21(18(2)14-17)16-22-12-13-23(15-19(22)3)25-24(26-4)20-8-6-5-7-9-20;1-3-9-7-5-4-6-8(9)2;2*1-2/h5-15H,16H2,1-4H3;4-7H,3H2,1-2H3;1-2H3;1-2H. The minimum atomic E-state index is 0.632. The highest BCUT2D eigenvalue weighted by atomic mass is 16.5. The Kier molecular flexibility index (Phi) is 15.4. The Morgan fingerprint density at radius 2 is 1.23 bits per heavy atom. The van der Waals surface area contributed by atoms with Gasteiger partial charge in [-0.15, -0.1) is 12.8 Å². The van der Waals surface area contributed by atoms with Crippen LogP contribution in [0.4, 0.5) is 5.69 Å². The third kappa shape index (κ3) is 10.7. The highest BCUT2D eigenvalue weighted by Crippen LogP contribution is 2.23. The molecule has 2 heteroatoms. The molecule has 0 fully saturated rings. The van der Waals surface area contributed by atoms with Crippen molar-refractivity contribution < 1.29 is 4.74 Å². The van der Waals surface area contributed by atoms with Gasteiger partial charge in [0.1, 0.15) is 0 Å². The average molecular weight is 520 g/mol. The van der Waals surface area contributed by atoms with Gasteiger partial charge in [-0.05, 0) is 98.2 Å². The molecule has 0 unspecified atom stereocenters. The number of ether oxygens (including phenoxy) is 1. The predicted molar refractivity (Wildman–Crippen MR) is 171 cm³/mol. The second-order valence-corrected chi connectivity index (χ2v) is 8.98. The van der Waals surface area contributed by atoms with Crippen molar-refractivity contribution in [3.63, 3.8) is 0 Å². The van der Waals surface area contributed by atoms with E-state index in [0.29, 0.717) is 5.90 Å². The number of nitrogens with zero attached hydrogens (tertiary/aromatic N) is 1. The highest BCUT2D eigenvalue weighted by Gasteiger charge is 2.07. The topological polar surface area (TPSA) is 21.6 Å². The summed E-state index contributed by atoms with van der Waals surface area (Å²) in [6.45, 7) is 14.8. The van der Waals surface area contributed by atoms with Crippen LogP contribution in [-0.2, 0) is 17.6 Å². The van der Waals surface area contributed by atoms with Gasteiger partial charge >= 0.3 is 0 Å². The van der Waals surface area contributed by atoms with Gasteiger partial charge in [0, 0.05) is 5.56 Å². The molecule has 0 amide bonds. The lowest BCUT2D eigenvalue weighted by Gasteiger charge is -2.11. The van der Waals surface area contributed by atoms with Gasteiger partial charge in [0.2, 0.25) is 5.90 Å². The maximum absolute atomic E-state index is 5.48. The lowest BCUT2D eigenvalue weighted by Crippen LogP contribution is -2.02. The molecular weight excluding hydrogens is 474 g/mol. The van der Waals surface area contributed by atoms with Gasteiger partial charge in [0.05, 0.1) is 12.8 Å². The summed E-state index contributed by atoms with van der Waals surface area (Å²) in [5, 5.41) is 0. The van der Waals surface area contributed by atoms with Crippen LogP contribution in [0.1, 0.15) is 65.3 Å². The average Bonchev–Trinajstić information content (AvgIpc) is 2.97. The molecule has 4 rings (SSSR count). The van der Waals surface area contributed by atoms with E-state index in [1.807, 2.05) is 44.2 Å². The van der Waals surface area contributed by atoms with Crippen LogP contribution < -0.4 is 0 Å². The molecule has 0 radical (unpaired) electrons. The van der Waals surface area contributed by atoms with Crippen LogP contribution in [0.2, 0.25) is 0 Å². The molecule has 0 saturated heterocycles. The summed E-state index contributed by atoms with van der Waals surface area (Å²) < 4.78 is 5.48. The maximum Gasteiger partial charge on any atom is 0.220 e. The summed E-state index contributed by atoms with van der Waals surface area (Å²) in [5.74, 6) is 0.632. The normalized spacial score (nSPS) is 10.1. The number of methoxy groups -OCH3 is 1. The molecule has 0 aliphatic heterocycles. The number of aliphatic imine (C=N–C) groups is 1. The first-order valence-electron chi connectivity index (χ1n) is 13.6. The zero-order chi connectivity index (χ0) is 29.2. The van der Waals surface area contributed by atoms with Crippen molar-refractivity contribution >= 4 is 11.6 Å². The number of terminal acetylenes is 1. The second-order valence-electron chi connectivity index (χ2n) is 8.98. The second kappa shape index (κ2) is 18.2. The fourth-order valence-electron chi connectivity index (χ4n) is 4.13. The minimum absolute atomic E-state index is 0.632. The third-order valence-corrected chi connectivity index (χ3v) is 6.29. The molecule has 0 spiro atoms. The summed E-state index contributed by atoms with van der Waals surface area (Å²) in [6, 6.07) is 31.5. The lowest BCUT2D eigenvalue weighted by atomic mass is 9.96. The molecule has 204 valence electrons. The van der Waals surface area contributed by atoms with E-state index in [9.17, 15) is 0 Å². The summed E-state index contributed by atoms with van der Waals surface area (Å²) in [6.07, 6.45) is 10.1. The fraction of sp³-hybridized carbons (Fsp3) is 0.270. The van der Waals surface area contributed by atoms with Crippen molar-refractivity contribution in [2.75, 3.05) is 7.11 Å². The first kappa shape index (κ1) is 32.9. The molecular formula is C37H45NO. The van der Waals surface area contributed by atoms with Crippen molar-refractivity contribution in [3.8, 4) is 12.8 Å². The Hall–Kier alpha value is -4.09. The molecule has 0 bridgehead atoms. The van der Waals surface area contributed by atoms with Gasteiger partial charge in [-0.25, -0.2) is 4.99 Å². The van der Waals surface area contributed by atoms with Crippen LogP contribution >= 0.6 is 0 Å². The van der Waals surface area contributed by atoms with Gasteiger partial charge in [0.25, 0.3) is 0 Å². The van der Waals surface area contributed by atoms with Crippen molar-refractivity contribution in [2.45, 2.75) is 61.3 Å². The molecule has 0 aromatic heterocycles. The number of aryl methyl sites for hydroxylation is 5. The predicted octanol–water partition coefficient (Wildman–Crippen LogP) is 9.76. The first-order valence-corrected chi connectivity index (χ1v) is 13.6. The molecule has 4 aromatic carbocycles. The van der Waals surface area contributed by atoms with Crippen LogP contribution in [0.25, 0.3) is 0 Å². The number of hydrogen-bond donors (Lipinski definition) is 0. The first-order chi connectivity index (χ1) is 18.9. The largest absolute Gasteiger partial charge is 0.481 e. The SMILES string of the molecule is C#C.CC.CCc1ccccc1C.COC(=Nc1ccc(Cc2ccc(C)cc2C)c(C)c1)c1ccccc1. The molecule has 0 N–H and O–H groups in total. The van der Waals surface area contributed by atoms with Crippen molar-refractivity contribution in [2.24, 2.45) is 4.99 Å². The number of hydrogen-bond acceptors (Lipinski definition) is 2. The van der Waals surface area contributed by atoms with Crippen LogP contribution in [-0.4, -0.2) is 13.0 Å². The van der Waals surface area contributed by atoms with E-state index in [1.54, 1.807) is 7.11 Å². The Morgan fingerprint density at radius 1 is 0.667 bits per heavy atom. The minimum Gasteiger partial charge on any atom is -0.481 e. The Balaban J connectivity index is 0.000000489. The zero-order valence-corrected chi connectivity index (χ0v) is 25.1. The van der Waals surface area contributed by atoms with E-state index in [1.165, 1.54) is 38.9 Å². The molecule has 0 aliphatic rings. The Labute approximate surface area is 237 Å². The van der Waals surface area contributed by atoms with Gasteiger partial charge in [-0.1, -0.05) is 93.1 Å². The highest BCUT2D eigenvalue weighted by molar-refractivity contribution is 5.95. The van der Waals surface area contributed by atoms with Gasteiger partial charge in [0.15, 0.2) is 0 Å². The van der Waals surface area contributed by atoms with E-state index in [0.717, 1.165) is 24.1 Å². The number of benzene rings is 4. The fourth-order valence-corrected chi connectivity index (χ4v) is 4.13. The monoisotopic (exact) mass is 519 g/mol. The van der Waals surface area contributed by atoms with Crippen molar-refractivity contribution in [1.29, 1.82) is 0 Å². The van der Waals surface area contributed by atoms with Gasteiger partial charge in [-0.3, -0.25) is 0 Å². The summed E-state index contributed by atoms with van der Waals surface area (Å²) >= 11 is 0. The van der Waals surface area contributed by atoms with E-state index >= 15 is 0 Å². The van der Waals surface area contributed by atoms with E-state index in [4.69, 9.17) is 4.74 Å². The quantitative estimate of drug-likeness (QED) is 0.146. The summed E-state index contributed by atoms with van der Waals surface area (Å²) in [4.78, 5) is 4.68. The molecule has 4 aromatic rings. The van der Waals surface area contributed by atoms with Crippen LogP contribution in [0.3, 0.4) is 0 Å². The zero-order valence-electron chi connectivity index (χ0n) is 25.1. The molecule has 39 heavy (non-hydrogen) atoms. The molecule has 0 heterocycles. The molecule has 2 nitrogen and oxygen atoms in total. The van der Waals surface area contributed by atoms with Crippen molar-refractivity contribution in [1.82, 2.24) is 0 Å². The summed E-state index contributed by atoms with van der Waals surface area (Å²) in [5.41, 5.74) is 11.3. The molecule has 0 atom stereocenters. The van der Waals surface area contributed by atoms with Crippen LogP contribution in [0.5, 0.6) is 0 Å². The maximum atomic E-state index is 5.48. The number of rotatable bonds is 5. The van der Waals surface area contributed by atoms with Gasteiger partial charge < -0.3 is 4.74 Å². The smallest absolute Gasteiger partial charge is 0.220 e.